The van der Waals surface area contributed by atoms with Gasteiger partial charge in [0.15, 0.2) is 0 Å². The van der Waals surface area contributed by atoms with Gasteiger partial charge in [0, 0.05) is 6.04 Å². The lowest BCUT2D eigenvalue weighted by atomic mass is 9.85. The number of rotatable bonds is 3. The molecule has 0 spiro atoms. The van der Waals surface area contributed by atoms with Gasteiger partial charge in [0.2, 0.25) is 17.7 Å². The molecule has 3 rings (SSSR count). The maximum atomic E-state index is 12.3. The highest BCUT2D eigenvalue weighted by Crippen LogP contribution is 2.34. The van der Waals surface area contributed by atoms with Crippen LogP contribution in [0.5, 0.6) is 0 Å². The van der Waals surface area contributed by atoms with Crippen molar-refractivity contribution in [2.24, 2.45) is 11.8 Å². The molecule has 0 bridgehead atoms. The lowest BCUT2D eigenvalue weighted by Crippen LogP contribution is -2.44. The Labute approximate surface area is 131 Å². The predicted octanol–water partition coefficient (Wildman–Crippen LogP) is 1.78. The molecule has 1 N–H and O–H groups in total. The summed E-state index contributed by atoms with van der Waals surface area (Å²) in [4.78, 5) is 38.0. The van der Waals surface area contributed by atoms with Crippen molar-refractivity contribution in [3.8, 4) is 0 Å². The topological polar surface area (TPSA) is 66.5 Å². The normalized spacial score (nSPS) is 29.4. The van der Waals surface area contributed by atoms with Crippen LogP contribution < -0.4 is 5.32 Å². The van der Waals surface area contributed by atoms with Crippen molar-refractivity contribution in [2.45, 2.75) is 57.4 Å². The van der Waals surface area contributed by atoms with Crippen molar-refractivity contribution >= 4 is 17.7 Å². The molecule has 0 aromatic rings. The highest BCUT2D eigenvalue weighted by molar-refractivity contribution is 6.07. The fourth-order valence-corrected chi connectivity index (χ4v) is 3.87. The number of fused-ring (bicyclic) bond motifs is 1. The third-order valence-electron chi connectivity index (χ3n) is 5.12. The van der Waals surface area contributed by atoms with Gasteiger partial charge in [0.1, 0.15) is 6.54 Å². The van der Waals surface area contributed by atoms with E-state index in [1.165, 1.54) is 17.7 Å². The van der Waals surface area contributed by atoms with Crippen molar-refractivity contribution in [1.82, 2.24) is 10.2 Å². The predicted molar refractivity (Wildman–Crippen MR) is 81.7 cm³/mol. The van der Waals surface area contributed by atoms with Gasteiger partial charge in [-0.05, 0) is 25.7 Å². The first-order chi connectivity index (χ1) is 10.7. The molecule has 1 heterocycles. The fourth-order valence-electron chi connectivity index (χ4n) is 3.87. The molecular formula is C17H24N2O3. The summed E-state index contributed by atoms with van der Waals surface area (Å²) in [5.74, 6) is -1.03. The zero-order valence-corrected chi connectivity index (χ0v) is 12.9. The minimum absolute atomic E-state index is 0.110. The number of nitrogens with zero attached hydrogens (tertiary/aromatic N) is 1. The highest BCUT2D eigenvalue weighted by atomic mass is 16.2. The average Bonchev–Trinajstić information content (AvgIpc) is 2.72. The Morgan fingerprint density at radius 2 is 1.55 bits per heavy atom. The zero-order chi connectivity index (χ0) is 15.5. The Morgan fingerprint density at radius 1 is 1.00 bits per heavy atom. The van der Waals surface area contributed by atoms with Gasteiger partial charge in [-0.1, -0.05) is 37.8 Å². The van der Waals surface area contributed by atoms with Gasteiger partial charge in [-0.25, -0.2) is 0 Å². The molecule has 3 aliphatic rings. The molecule has 1 aliphatic heterocycles. The summed E-state index contributed by atoms with van der Waals surface area (Å²) in [6, 6.07) is 0.201. The molecule has 120 valence electrons. The maximum Gasteiger partial charge on any atom is 0.240 e. The van der Waals surface area contributed by atoms with E-state index in [2.05, 4.69) is 5.32 Å². The van der Waals surface area contributed by atoms with Crippen LogP contribution in [0.15, 0.2) is 12.2 Å². The number of hydrogen-bond donors (Lipinski definition) is 1. The van der Waals surface area contributed by atoms with E-state index in [9.17, 15) is 14.4 Å². The fraction of sp³-hybridized carbons (Fsp3) is 0.706. The quantitative estimate of drug-likeness (QED) is 0.491. The monoisotopic (exact) mass is 304 g/mol. The summed E-state index contributed by atoms with van der Waals surface area (Å²) < 4.78 is 0. The summed E-state index contributed by atoms with van der Waals surface area (Å²) in [6.45, 7) is -0.110. The number of carbonyl (C=O) groups excluding carboxylic acids is 3. The van der Waals surface area contributed by atoms with Crippen molar-refractivity contribution < 1.29 is 14.4 Å². The zero-order valence-electron chi connectivity index (χ0n) is 12.9. The summed E-state index contributed by atoms with van der Waals surface area (Å²) in [5, 5.41) is 3.01. The Hall–Kier alpha value is -1.65. The Bertz CT molecular complexity index is 466. The second-order valence-electron chi connectivity index (χ2n) is 6.67. The number of likely N-dealkylation sites (tertiary alicyclic amines) is 1. The summed E-state index contributed by atoms with van der Waals surface area (Å²) >= 11 is 0. The molecular weight excluding hydrogens is 280 g/mol. The standard InChI is InChI=1S/C17H24N2O3/c20-15(18-12-7-3-1-2-4-8-12)11-19-16(21)13-9-5-6-10-14(13)17(19)22/h5-6,12-14H,1-4,7-11H2,(H,18,20)/t13-,14+. The van der Waals surface area contributed by atoms with Crippen LogP contribution in [0.25, 0.3) is 0 Å². The second kappa shape index (κ2) is 6.63. The molecule has 0 unspecified atom stereocenters. The van der Waals surface area contributed by atoms with Gasteiger partial charge >= 0.3 is 0 Å². The smallest absolute Gasteiger partial charge is 0.240 e. The van der Waals surface area contributed by atoms with Crippen LogP contribution in [0, 0.1) is 11.8 Å². The summed E-state index contributed by atoms with van der Waals surface area (Å²) in [5.41, 5.74) is 0. The van der Waals surface area contributed by atoms with Crippen LogP contribution >= 0.6 is 0 Å². The Morgan fingerprint density at radius 3 is 2.09 bits per heavy atom. The van der Waals surface area contributed by atoms with Crippen LogP contribution in [-0.4, -0.2) is 35.2 Å². The van der Waals surface area contributed by atoms with E-state index < -0.39 is 0 Å². The maximum absolute atomic E-state index is 12.3. The summed E-state index contributed by atoms with van der Waals surface area (Å²) in [7, 11) is 0. The van der Waals surface area contributed by atoms with Crippen molar-refractivity contribution in [3.63, 3.8) is 0 Å². The lowest BCUT2D eigenvalue weighted by Gasteiger charge is -2.19. The molecule has 5 heteroatoms. The van der Waals surface area contributed by atoms with Gasteiger partial charge in [-0.2, -0.15) is 0 Å². The molecule has 2 aliphatic carbocycles. The Kier molecular flexibility index (Phi) is 4.60. The average molecular weight is 304 g/mol. The van der Waals surface area contributed by atoms with Crippen molar-refractivity contribution in [2.75, 3.05) is 6.54 Å². The van der Waals surface area contributed by atoms with Crippen LogP contribution in [0.3, 0.4) is 0 Å². The highest BCUT2D eigenvalue weighted by Gasteiger charge is 2.47. The first kappa shape index (κ1) is 15.3. The number of nitrogens with one attached hydrogen (secondary N) is 1. The molecule has 3 amide bonds. The molecule has 22 heavy (non-hydrogen) atoms. The number of hydrogen-bond acceptors (Lipinski definition) is 3. The molecule has 0 radical (unpaired) electrons. The third kappa shape index (κ3) is 3.08. The van der Waals surface area contributed by atoms with Gasteiger partial charge in [0.05, 0.1) is 11.8 Å². The SMILES string of the molecule is O=C(CN1C(=O)[C@H]2CC=CC[C@H]2C1=O)NC1CCCCCC1. The van der Waals surface area contributed by atoms with Crippen LogP contribution in [-0.2, 0) is 14.4 Å². The minimum Gasteiger partial charge on any atom is -0.352 e. The molecule has 0 aromatic heterocycles. The Balaban J connectivity index is 1.57. The van der Waals surface area contributed by atoms with E-state index >= 15 is 0 Å². The number of amides is 3. The van der Waals surface area contributed by atoms with E-state index in [-0.39, 0.29) is 42.1 Å². The molecule has 2 fully saturated rings. The largest absolute Gasteiger partial charge is 0.352 e. The van der Waals surface area contributed by atoms with Gasteiger partial charge < -0.3 is 5.32 Å². The summed E-state index contributed by atoms with van der Waals surface area (Å²) in [6.07, 6.45) is 11.9. The van der Waals surface area contributed by atoms with E-state index in [1.54, 1.807) is 0 Å². The first-order valence-electron chi connectivity index (χ1n) is 8.46. The number of imide groups is 1. The minimum atomic E-state index is -0.247. The molecule has 5 nitrogen and oxygen atoms in total. The second-order valence-corrected chi connectivity index (χ2v) is 6.67. The van der Waals surface area contributed by atoms with Crippen molar-refractivity contribution in [1.29, 1.82) is 0 Å². The van der Waals surface area contributed by atoms with Crippen molar-refractivity contribution in [3.05, 3.63) is 12.2 Å². The van der Waals surface area contributed by atoms with E-state index in [4.69, 9.17) is 0 Å². The molecule has 0 aromatic carbocycles. The van der Waals surface area contributed by atoms with E-state index in [1.807, 2.05) is 12.2 Å². The van der Waals surface area contributed by atoms with E-state index in [0.29, 0.717) is 12.8 Å². The molecule has 1 saturated heterocycles. The third-order valence-corrected chi connectivity index (χ3v) is 5.12. The van der Waals surface area contributed by atoms with Gasteiger partial charge in [0.25, 0.3) is 0 Å². The first-order valence-corrected chi connectivity index (χ1v) is 8.46. The van der Waals surface area contributed by atoms with Gasteiger partial charge in [-0.15, -0.1) is 0 Å². The molecule has 2 atom stereocenters. The number of allylic oxidation sites excluding steroid dienone is 2. The molecule has 1 saturated carbocycles. The van der Waals surface area contributed by atoms with Crippen LogP contribution in [0.2, 0.25) is 0 Å². The van der Waals surface area contributed by atoms with Crippen LogP contribution in [0.4, 0.5) is 0 Å². The van der Waals surface area contributed by atoms with Gasteiger partial charge in [-0.3, -0.25) is 19.3 Å². The number of carbonyl (C=O) groups is 3. The lowest BCUT2D eigenvalue weighted by molar-refractivity contribution is -0.143. The van der Waals surface area contributed by atoms with Crippen LogP contribution in [0.1, 0.15) is 51.4 Å². The van der Waals surface area contributed by atoms with E-state index in [0.717, 1.165) is 25.7 Å².